The molecule has 1 unspecified atom stereocenters. The molecule has 0 fully saturated rings. The van der Waals surface area contributed by atoms with Crippen LogP contribution in [0.5, 0.6) is 0 Å². The molecule has 0 saturated carbocycles. The molecule has 0 bridgehead atoms. The van der Waals surface area contributed by atoms with Gasteiger partial charge in [0.25, 0.3) is 10.0 Å². The third-order valence-corrected chi connectivity index (χ3v) is 13.0. The van der Waals surface area contributed by atoms with Gasteiger partial charge in [0.1, 0.15) is 18.2 Å². The first-order valence-electron chi connectivity index (χ1n) is 15.1. The van der Waals surface area contributed by atoms with Crippen LogP contribution in [0.1, 0.15) is 35.0 Å². The van der Waals surface area contributed by atoms with Gasteiger partial charge in [0.05, 0.1) is 38.0 Å². The Bertz CT molecular complexity index is 2260. The molecule has 2 aromatic heterocycles. The van der Waals surface area contributed by atoms with Crippen molar-refractivity contribution in [1.82, 2.24) is 13.5 Å². The van der Waals surface area contributed by atoms with Gasteiger partial charge in [-0.3, -0.25) is 0 Å². The minimum atomic E-state index is -4.05. The van der Waals surface area contributed by atoms with Gasteiger partial charge in [-0.1, -0.05) is 37.3 Å². The van der Waals surface area contributed by atoms with E-state index in [0.29, 0.717) is 45.5 Å². The molecule has 0 radical (unpaired) electrons. The Morgan fingerprint density at radius 3 is 2.28 bits per heavy atom. The predicted molar refractivity (Wildman–Crippen MR) is 186 cm³/mol. The van der Waals surface area contributed by atoms with E-state index in [1.807, 2.05) is 11.5 Å². The maximum absolute atomic E-state index is 14.0. The fourth-order valence-corrected chi connectivity index (χ4v) is 9.05. The number of aryl methyl sites for hydroxylation is 2. The summed E-state index contributed by atoms with van der Waals surface area (Å²) in [6.45, 7) is 12.7. The molecule has 3 aromatic carbocycles. The first kappa shape index (κ1) is 34.5. The van der Waals surface area contributed by atoms with Crippen molar-refractivity contribution in [3.8, 4) is 6.07 Å². The number of nitriles is 1. The zero-order chi connectivity index (χ0) is 34.5. The highest BCUT2D eigenvalue weighted by Crippen LogP contribution is 2.43. The van der Waals surface area contributed by atoms with E-state index in [9.17, 15) is 22.1 Å². The number of hydrogen-bond donors (Lipinski definition) is 0. The Kier molecular flexibility index (Phi) is 9.06. The van der Waals surface area contributed by atoms with Gasteiger partial charge in [0.15, 0.2) is 9.84 Å². The van der Waals surface area contributed by atoms with Crippen LogP contribution in [0.4, 0.5) is 0 Å². The van der Waals surface area contributed by atoms with Gasteiger partial charge in [0, 0.05) is 45.2 Å². The van der Waals surface area contributed by atoms with E-state index in [-0.39, 0.29) is 22.1 Å². The molecule has 13 heteroatoms. The van der Waals surface area contributed by atoms with Crippen LogP contribution in [0, 0.1) is 25.2 Å². The topological polar surface area (TPSA) is 133 Å². The molecule has 0 aliphatic carbocycles. The van der Waals surface area contributed by atoms with Crippen LogP contribution in [-0.2, 0) is 41.7 Å². The summed E-state index contributed by atoms with van der Waals surface area (Å²) >= 11 is 0. The first-order chi connectivity index (χ1) is 21.9. The summed E-state index contributed by atoms with van der Waals surface area (Å²) in [6, 6.07) is 17.9. The molecule has 2 heterocycles. The number of sulfone groups is 1. The lowest BCUT2D eigenvalue weighted by atomic mass is 9.90. The van der Waals surface area contributed by atoms with Gasteiger partial charge in [-0.2, -0.15) is 5.26 Å². The van der Waals surface area contributed by atoms with Crippen molar-refractivity contribution in [3.05, 3.63) is 88.9 Å². The number of methoxy groups -OCH3 is 1. The highest BCUT2D eigenvalue weighted by atomic mass is 32.2. The van der Waals surface area contributed by atoms with E-state index in [4.69, 9.17) is 14.5 Å². The molecule has 0 N–H and O–H groups in total. The SMILES string of the molecule is COC(C)(c1c(S(C)(=O)=O)cc(C)c2c1ccn2S(=O)(=O)c1ccc(C)cc1)c1nc2cc(C#N)ccc2n1COCC[Si](C)(C)C. The summed E-state index contributed by atoms with van der Waals surface area (Å²) in [5, 5.41) is 9.98. The summed E-state index contributed by atoms with van der Waals surface area (Å²) < 4.78 is 70.3. The number of imidazole rings is 1. The Morgan fingerprint density at radius 1 is 1.00 bits per heavy atom. The minimum Gasteiger partial charge on any atom is -0.366 e. The van der Waals surface area contributed by atoms with E-state index in [1.165, 1.54) is 23.3 Å². The number of benzene rings is 3. The number of aromatic nitrogens is 3. The molecule has 5 rings (SSSR count). The quantitative estimate of drug-likeness (QED) is 0.116. The lowest BCUT2D eigenvalue weighted by Gasteiger charge is -2.31. The molecule has 1 atom stereocenters. The van der Waals surface area contributed by atoms with Crippen molar-refractivity contribution >= 4 is 49.9 Å². The van der Waals surface area contributed by atoms with Gasteiger partial charge in [-0.05, 0) is 74.8 Å². The van der Waals surface area contributed by atoms with E-state index in [2.05, 4.69) is 25.7 Å². The van der Waals surface area contributed by atoms with Crippen molar-refractivity contribution in [1.29, 1.82) is 5.26 Å². The highest BCUT2D eigenvalue weighted by molar-refractivity contribution is 7.91. The predicted octanol–water partition coefficient (Wildman–Crippen LogP) is 6.34. The van der Waals surface area contributed by atoms with E-state index < -0.39 is 33.5 Å². The fraction of sp³-hybridized carbons (Fsp3) is 0.353. The van der Waals surface area contributed by atoms with E-state index in [0.717, 1.165) is 17.9 Å². The zero-order valence-corrected chi connectivity index (χ0v) is 30.6. The summed E-state index contributed by atoms with van der Waals surface area (Å²) in [4.78, 5) is 5.03. The molecule has 248 valence electrons. The van der Waals surface area contributed by atoms with Crippen LogP contribution in [0.3, 0.4) is 0 Å². The lowest BCUT2D eigenvalue weighted by molar-refractivity contribution is 0.0169. The molecule has 0 aliphatic rings. The van der Waals surface area contributed by atoms with E-state index in [1.54, 1.807) is 62.4 Å². The van der Waals surface area contributed by atoms with Gasteiger partial charge < -0.3 is 14.0 Å². The largest absolute Gasteiger partial charge is 0.366 e. The molecule has 0 aliphatic heterocycles. The van der Waals surface area contributed by atoms with Gasteiger partial charge in [0.2, 0.25) is 0 Å². The first-order valence-corrected chi connectivity index (χ1v) is 22.2. The van der Waals surface area contributed by atoms with Crippen molar-refractivity contribution in [2.24, 2.45) is 0 Å². The highest BCUT2D eigenvalue weighted by Gasteiger charge is 2.41. The molecule has 0 saturated heterocycles. The molecule has 0 amide bonds. The number of nitrogens with zero attached hydrogens (tertiary/aromatic N) is 4. The minimum absolute atomic E-state index is 0.00620. The standard InChI is InChI=1S/C34H40N4O6S2Si/c1-23-9-12-26(13-10-23)46(41,42)38-16-15-27-31(30(45(5,39)40)19-24(2)32(27)38)34(3,43-4)33-36-28-20-25(21-35)11-14-29(28)37(33)22-44-17-18-47(6,7)8/h9-16,19-20H,17-18,22H2,1-8H3. The van der Waals surface area contributed by atoms with Crippen LogP contribution in [0.15, 0.2) is 70.6 Å². The number of rotatable bonds is 11. The Balaban J connectivity index is 1.81. The van der Waals surface area contributed by atoms with Crippen molar-refractivity contribution in [2.45, 2.75) is 68.6 Å². The van der Waals surface area contributed by atoms with E-state index >= 15 is 0 Å². The average Bonchev–Trinajstić information content (AvgIpc) is 3.61. The number of fused-ring (bicyclic) bond motifs is 2. The molecular formula is C34H40N4O6S2Si. The molecule has 0 spiro atoms. The summed E-state index contributed by atoms with van der Waals surface area (Å²) in [7, 11) is -7.84. The van der Waals surface area contributed by atoms with Crippen molar-refractivity contribution < 1.29 is 26.3 Å². The van der Waals surface area contributed by atoms with Crippen LogP contribution < -0.4 is 0 Å². The van der Waals surface area contributed by atoms with Gasteiger partial charge in [-0.15, -0.1) is 0 Å². The normalized spacial score (nSPS) is 14.0. The van der Waals surface area contributed by atoms with Crippen LogP contribution in [-0.4, -0.2) is 58.4 Å². The second kappa shape index (κ2) is 12.3. The molecular weight excluding hydrogens is 653 g/mol. The summed E-state index contributed by atoms with van der Waals surface area (Å²) in [5.74, 6) is 0.349. The second-order valence-corrected chi connectivity index (χ2v) is 22.7. The monoisotopic (exact) mass is 692 g/mol. The van der Waals surface area contributed by atoms with Crippen molar-refractivity contribution in [2.75, 3.05) is 20.0 Å². The Labute approximate surface area is 277 Å². The zero-order valence-electron chi connectivity index (χ0n) is 27.9. The number of hydrogen-bond acceptors (Lipinski definition) is 8. The van der Waals surface area contributed by atoms with Gasteiger partial charge >= 0.3 is 0 Å². The third-order valence-electron chi connectivity index (χ3n) is 8.47. The summed E-state index contributed by atoms with van der Waals surface area (Å²) in [6.07, 6.45) is 2.56. The van der Waals surface area contributed by atoms with Crippen LogP contribution >= 0.6 is 0 Å². The van der Waals surface area contributed by atoms with Gasteiger partial charge in [-0.25, -0.2) is 25.8 Å². The average molecular weight is 693 g/mol. The molecule has 47 heavy (non-hydrogen) atoms. The number of ether oxygens (including phenoxy) is 2. The Morgan fingerprint density at radius 2 is 1.68 bits per heavy atom. The second-order valence-electron chi connectivity index (χ2n) is 13.3. The maximum Gasteiger partial charge on any atom is 0.268 e. The Hall–Kier alpha value is -3.80. The maximum atomic E-state index is 14.0. The fourth-order valence-electron chi connectivity index (χ4n) is 5.81. The molecule has 5 aromatic rings. The smallest absolute Gasteiger partial charge is 0.268 e. The third kappa shape index (κ3) is 6.40. The van der Waals surface area contributed by atoms with Crippen molar-refractivity contribution in [3.63, 3.8) is 0 Å². The lowest BCUT2D eigenvalue weighted by Crippen LogP contribution is -2.33. The van der Waals surface area contributed by atoms with Crippen LogP contribution in [0.25, 0.3) is 21.9 Å². The van der Waals surface area contributed by atoms with Crippen LogP contribution in [0.2, 0.25) is 25.7 Å². The molecule has 10 nitrogen and oxygen atoms in total. The summed E-state index contributed by atoms with van der Waals surface area (Å²) in [5.41, 5.74) is 2.06.